The summed E-state index contributed by atoms with van der Waals surface area (Å²) < 4.78 is 22.7. The lowest BCUT2D eigenvalue weighted by Crippen LogP contribution is -2.62. The minimum atomic E-state index is -1.39. The second kappa shape index (κ2) is 9.51. The third-order valence-corrected chi connectivity index (χ3v) is 5.34. The van der Waals surface area contributed by atoms with Crippen LogP contribution in [0.3, 0.4) is 0 Å². The molecule has 0 bridgehead atoms. The van der Waals surface area contributed by atoms with Crippen LogP contribution in [0.4, 0.5) is 0 Å². The van der Waals surface area contributed by atoms with Gasteiger partial charge in [-0.1, -0.05) is 60.7 Å². The summed E-state index contributed by atoms with van der Waals surface area (Å²) >= 11 is 0. The molecule has 2 heterocycles. The smallest absolute Gasteiger partial charge is 0.186 e. The van der Waals surface area contributed by atoms with Crippen molar-refractivity contribution in [1.29, 1.82) is 0 Å². The van der Waals surface area contributed by atoms with Crippen LogP contribution in [0.25, 0.3) is 0 Å². The van der Waals surface area contributed by atoms with Crippen molar-refractivity contribution in [2.45, 2.75) is 49.2 Å². The van der Waals surface area contributed by atoms with Crippen LogP contribution < -0.4 is 0 Å². The van der Waals surface area contributed by atoms with E-state index in [1.165, 1.54) is 0 Å². The fourth-order valence-corrected chi connectivity index (χ4v) is 3.65. The number of fused-ring (bicyclic) bond motifs is 1. The second-order valence-corrected chi connectivity index (χ2v) is 7.46. The van der Waals surface area contributed by atoms with Crippen LogP contribution in [0.2, 0.25) is 0 Å². The van der Waals surface area contributed by atoms with E-state index >= 15 is 0 Å². The highest BCUT2D eigenvalue weighted by molar-refractivity contribution is 5.18. The highest BCUT2D eigenvalue weighted by Crippen LogP contribution is 2.34. The lowest BCUT2D eigenvalue weighted by Gasteiger charge is -2.46. The summed E-state index contributed by atoms with van der Waals surface area (Å²) in [6, 6.07) is 18.0. The summed E-state index contributed by atoms with van der Waals surface area (Å²) in [5.41, 5.74) is 1.34. The first-order chi connectivity index (χ1) is 14.5. The molecule has 2 aliphatic heterocycles. The zero-order valence-electron chi connectivity index (χ0n) is 16.2. The van der Waals surface area contributed by atoms with Crippen molar-refractivity contribution in [3.05, 3.63) is 71.8 Å². The lowest BCUT2D eigenvalue weighted by atomic mass is 9.98. The van der Waals surface area contributed by atoms with E-state index in [-0.39, 0.29) is 13.2 Å². The summed E-state index contributed by atoms with van der Waals surface area (Å²) in [7, 11) is 0. The SMILES string of the molecule is O[C@@H]1[C@@H](O)[C@H](OC[C@H](O)[C@@H](O)c2ccccc2)O[C@@H]2CO[C@H](c3ccccc3)O[C@H]12. The number of aliphatic hydroxyl groups excluding tert-OH is 4. The molecule has 8 atom stereocenters. The van der Waals surface area contributed by atoms with Crippen molar-refractivity contribution in [1.82, 2.24) is 0 Å². The molecule has 8 heteroatoms. The molecule has 4 N–H and O–H groups in total. The van der Waals surface area contributed by atoms with Crippen LogP contribution in [0, 0.1) is 0 Å². The van der Waals surface area contributed by atoms with E-state index in [9.17, 15) is 20.4 Å². The van der Waals surface area contributed by atoms with Crippen molar-refractivity contribution in [3.63, 3.8) is 0 Å². The lowest BCUT2D eigenvalue weighted by molar-refractivity contribution is -0.363. The first kappa shape index (κ1) is 21.4. The molecule has 0 spiro atoms. The maximum atomic E-state index is 10.6. The van der Waals surface area contributed by atoms with Gasteiger partial charge in [-0.25, -0.2) is 0 Å². The molecule has 8 nitrogen and oxygen atoms in total. The Kier molecular flexibility index (Phi) is 6.77. The summed E-state index contributed by atoms with van der Waals surface area (Å²) in [6.45, 7) is -0.153. The number of rotatable bonds is 6. The highest BCUT2D eigenvalue weighted by Gasteiger charge is 2.49. The summed E-state index contributed by atoms with van der Waals surface area (Å²) in [4.78, 5) is 0. The molecule has 4 rings (SSSR count). The molecule has 0 amide bonds. The van der Waals surface area contributed by atoms with Crippen LogP contribution >= 0.6 is 0 Å². The van der Waals surface area contributed by atoms with Gasteiger partial charge in [0.2, 0.25) is 0 Å². The van der Waals surface area contributed by atoms with Gasteiger partial charge in [-0.15, -0.1) is 0 Å². The first-order valence-electron chi connectivity index (χ1n) is 9.91. The van der Waals surface area contributed by atoms with E-state index in [4.69, 9.17) is 18.9 Å². The van der Waals surface area contributed by atoms with Crippen molar-refractivity contribution in [2.24, 2.45) is 0 Å². The quantitative estimate of drug-likeness (QED) is 0.541. The van der Waals surface area contributed by atoms with E-state index in [1.807, 2.05) is 30.3 Å². The maximum absolute atomic E-state index is 10.6. The molecule has 0 unspecified atom stereocenters. The van der Waals surface area contributed by atoms with Gasteiger partial charge in [0.05, 0.1) is 13.2 Å². The van der Waals surface area contributed by atoms with Gasteiger partial charge < -0.3 is 39.4 Å². The van der Waals surface area contributed by atoms with Crippen LogP contribution in [0.15, 0.2) is 60.7 Å². The Morgan fingerprint density at radius 1 is 0.900 bits per heavy atom. The second-order valence-electron chi connectivity index (χ2n) is 7.46. The standard InChI is InChI=1S/C22H26O8/c23-15(17(24)13-7-3-1-4-8-13)11-27-22-19(26)18(25)20-16(29-22)12-28-21(30-20)14-9-5-2-6-10-14/h1-10,15-26H,11-12H2/t15-,16+,17-,18+,19+,20-,21-,22+/m0/s1. The normalized spacial score (nSPS) is 33.5. The number of aliphatic hydroxyl groups is 4. The number of hydrogen-bond acceptors (Lipinski definition) is 8. The van der Waals surface area contributed by atoms with Crippen molar-refractivity contribution in [3.8, 4) is 0 Å². The molecule has 0 aromatic heterocycles. The highest BCUT2D eigenvalue weighted by atomic mass is 16.8. The molecular weight excluding hydrogens is 392 g/mol. The molecule has 162 valence electrons. The molecule has 0 radical (unpaired) electrons. The molecule has 2 aromatic carbocycles. The van der Waals surface area contributed by atoms with E-state index in [2.05, 4.69) is 0 Å². The van der Waals surface area contributed by atoms with Gasteiger partial charge in [0.25, 0.3) is 0 Å². The van der Waals surface area contributed by atoms with Crippen molar-refractivity contribution < 1.29 is 39.4 Å². The zero-order valence-corrected chi connectivity index (χ0v) is 16.2. The van der Waals surface area contributed by atoms with E-state index in [1.54, 1.807) is 30.3 Å². The molecule has 2 aliphatic rings. The Morgan fingerprint density at radius 3 is 2.27 bits per heavy atom. The molecule has 2 aromatic rings. The molecule has 0 aliphatic carbocycles. The fourth-order valence-electron chi connectivity index (χ4n) is 3.65. The average molecular weight is 418 g/mol. The van der Waals surface area contributed by atoms with Crippen LogP contribution in [0.1, 0.15) is 23.5 Å². The van der Waals surface area contributed by atoms with Gasteiger partial charge in [0.1, 0.15) is 36.6 Å². The monoisotopic (exact) mass is 418 g/mol. The maximum Gasteiger partial charge on any atom is 0.186 e. The van der Waals surface area contributed by atoms with Crippen LogP contribution in [-0.4, -0.2) is 70.4 Å². The van der Waals surface area contributed by atoms with Gasteiger partial charge in [0.15, 0.2) is 12.6 Å². The largest absolute Gasteiger partial charge is 0.388 e. The molecular formula is C22H26O8. The Morgan fingerprint density at radius 2 is 1.57 bits per heavy atom. The average Bonchev–Trinajstić information content (AvgIpc) is 2.80. The van der Waals surface area contributed by atoms with Gasteiger partial charge >= 0.3 is 0 Å². The number of hydrogen-bond donors (Lipinski definition) is 4. The number of benzene rings is 2. The van der Waals surface area contributed by atoms with Gasteiger partial charge in [-0.05, 0) is 5.56 Å². The Balaban J connectivity index is 1.34. The third-order valence-electron chi connectivity index (χ3n) is 5.34. The van der Waals surface area contributed by atoms with E-state index < -0.39 is 49.2 Å². The third kappa shape index (κ3) is 4.56. The van der Waals surface area contributed by atoms with Crippen molar-refractivity contribution >= 4 is 0 Å². The van der Waals surface area contributed by atoms with E-state index in [0.717, 1.165) is 5.56 Å². The summed E-state index contributed by atoms with van der Waals surface area (Å²) in [5.74, 6) is 0. The van der Waals surface area contributed by atoms with Crippen molar-refractivity contribution in [2.75, 3.05) is 13.2 Å². The fraction of sp³-hybridized carbons (Fsp3) is 0.455. The predicted octanol–water partition coefficient (Wildman–Crippen LogP) is 0.658. The Labute approximate surface area is 174 Å². The summed E-state index contributed by atoms with van der Waals surface area (Å²) in [6.07, 6.45) is -8.35. The Bertz CT molecular complexity index is 786. The van der Waals surface area contributed by atoms with Crippen LogP contribution in [-0.2, 0) is 18.9 Å². The number of ether oxygens (including phenoxy) is 4. The first-order valence-corrected chi connectivity index (χ1v) is 9.91. The zero-order chi connectivity index (χ0) is 21.1. The van der Waals surface area contributed by atoms with Gasteiger partial charge in [0, 0.05) is 5.56 Å². The minimum absolute atomic E-state index is 0.142. The molecule has 2 saturated heterocycles. The molecule has 30 heavy (non-hydrogen) atoms. The predicted molar refractivity (Wildman–Crippen MR) is 104 cm³/mol. The molecule has 2 fully saturated rings. The topological polar surface area (TPSA) is 118 Å². The van der Waals surface area contributed by atoms with Gasteiger partial charge in [-0.3, -0.25) is 0 Å². The minimum Gasteiger partial charge on any atom is -0.388 e. The summed E-state index contributed by atoms with van der Waals surface area (Å²) in [5, 5.41) is 41.5. The van der Waals surface area contributed by atoms with Gasteiger partial charge in [-0.2, -0.15) is 0 Å². The van der Waals surface area contributed by atoms with Crippen LogP contribution in [0.5, 0.6) is 0 Å². The Hall–Kier alpha value is -1.88. The molecule has 0 saturated carbocycles. The van der Waals surface area contributed by atoms with E-state index in [0.29, 0.717) is 5.56 Å².